The topological polar surface area (TPSA) is 0 Å². The Labute approximate surface area is 187 Å². The summed E-state index contributed by atoms with van der Waals surface area (Å²) in [5, 5.41) is 0. The minimum atomic E-state index is -2.74. The van der Waals surface area contributed by atoms with Crippen molar-refractivity contribution in [1.29, 1.82) is 0 Å². The van der Waals surface area contributed by atoms with Crippen molar-refractivity contribution in [2.45, 2.75) is 110 Å². The largest absolute Gasteiger partial charge is 0.266 e. The third-order valence-corrected chi connectivity index (χ3v) is 7.95. The molecule has 1 aromatic carbocycles. The molecule has 0 radical (unpaired) electrons. The molecule has 1 aromatic rings. The van der Waals surface area contributed by atoms with E-state index >= 15 is 4.39 Å². The molecule has 0 bridgehead atoms. The summed E-state index contributed by atoms with van der Waals surface area (Å²) in [6, 6.07) is 3.57. The lowest BCUT2D eigenvalue weighted by Gasteiger charge is -2.29. The molecular weight excluding hydrogens is 393 g/mol. The predicted molar refractivity (Wildman–Crippen MR) is 124 cm³/mol. The van der Waals surface area contributed by atoms with Crippen molar-refractivity contribution < 1.29 is 13.2 Å². The monoisotopic (exact) mass is 434 g/mol. The van der Waals surface area contributed by atoms with Gasteiger partial charge in [-0.3, -0.25) is 0 Å². The van der Waals surface area contributed by atoms with Crippen LogP contribution in [0.3, 0.4) is 0 Å². The van der Waals surface area contributed by atoms with E-state index < -0.39 is 12.2 Å². The van der Waals surface area contributed by atoms with E-state index in [0.29, 0.717) is 29.4 Å². The van der Waals surface area contributed by atoms with Gasteiger partial charge in [0.2, 0.25) is 0 Å². The van der Waals surface area contributed by atoms with Crippen LogP contribution >= 0.6 is 0 Å². The van der Waals surface area contributed by atoms with E-state index in [9.17, 15) is 8.78 Å². The first-order valence-corrected chi connectivity index (χ1v) is 12.8. The van der Waals surface area contributed by atoms with Gasteiger partial charge >= 0.3 is 0 Å². The lowest BCUT2D eigenvalue weighted by atomic mass is 9.76. The van der Waals surface area contributed by atoms with Crippen molar-refractivity contribution >= 4 is 0 Å². The van der Waals surface area contributed by atoms with Crippen molar-refractivity contribution in [3.05, 3.63) is 46.8 Å². The third kappa shape index (κ3) is 6.62. The molecule has 0 aromatic heterocycles. The Balaban J connectivity index is 1.58. The average Bonchev–Trinajstić information content (AvgIpc) is 2.78. The number of halogens is 3. The fourth-order valence-electron chi connectivity index (χ4n) is 5.91. The fraction of sp³-hybridized carbons (Fsp3) is 0.714. The molecule has 2 aliphatic carbocycles. The first kappa shape index (κ1) is 24.4. The van der Waals surface area contributed by atoms with Crippen molar-refractivity contribution in [2.24, 2.45) is 17.8 Å². The van der Waals surface area contributed by atoms with Crippen LogP contribution in [-0.4, -0.2) is 0 Å². The summed E-state index contributed by atoms with van der Waals surface area (Å²) in [5.74, 6) is 1.66. The Morgan fingerprint density at radius 1 is 0.935 bits per heavy atom. The molecule has 0 atom stereocenters. The zero-order chi connectivity index (χ0) is 22.2. The molecule has 0 N–H and O–H groups in total. The van der Waals surface area contributed by atoms with Gasteiger partial charge in [0, 0.05) is 0 Å². The van der Waals surface area contributed by atoms with Gasteiger partial charge in [-0.25, -0.2) is 13.2 Å². The zero-order valence-electron chi connectivity index (χ0n) is 19.5. The van der Waals surface area contributed by atoms with Crippen LogP contribution in [0, 0.1) is 23.6 Å². The molecule has 3 heteroatoms. The zero-order valence-corrected chi connectivity index (χ0v) is 19.5. The molecular formula is C28H41F3. The van der Waals surface area contributed by atoms with E-state index in [2.05, 4.69) is 26.0 Å². The van der Waals surface area contributed by atoms with Crippen molar-refractivity contribution in [3.8, 4) is 0 Å². The number of hydrogen-bond acceptors (Lipinski definition) is 0. The maximum absolute atomic E-state index is 15.1. The van der Waals surface area contributed by atoms with E-state index in [4.69, 9.17) is 0 Å². The van der Waals surface area contributed by atoms with E-state index in [-0.39, 0.29) is 11.5 Å². The maximum Gasteiger partial charge on any atom is 0.266 e. The summed E-state index contributed by atoms with van der Waals surface area (Å²) in [7, 11) is 0. The summed E-state index contributed by atoms with van der Waals surface area (Å²) in [5.41, 5.74) is 0.679. The summed E-state index contributed by atoms with van der Waals surface area (Å²) >= 11 is 0. The molecule has 3 rings (SSSR count). The Bertz CT molecular complexity index is 692. The first-order valence-electron chi connectivity index (χ1n) is 12.8. The molecule has 0 saturated heterocycles. The SMILES string of the molecule is CCCC1CCC(C=CCCc2ccc(C3CCC(CC)CC3)c(C(F)F)c2F)CC1. The molecule has 0 nitrogen and oxygen atoms in total. The van der Waals surface area contributed by atoms with Gasteiger partial charge in [-0.15, -0.1) is 0 Å². The van der Waals surface area contributed by atoms with Gasteiger partial charge in [0.1, 0.15) is 5.82 Å². The van der Waals surface area contributed by atoms with Crippen molar-refractivity contribution in [1.82, 2.24) is 0 Å². The van der Waals surface area contributed by atoms with Crippen LogP contribution in [0.15, 0.2) is 24.3 Å². The smallest absolute Gasteiger partial charge is 0.206 e. The molecule has 2 saturated carbocycles. The minimum Gasteiger partial charge on any atom is -0.206 e. The molecule has 0 aliphatic heterocycles. The summed E-state index contributed by atoms with van der Waals surface area (Å²) in [6.45, 7) is 4.45. The van der Waals surface area contributed by atoms with Crippen LogP contribution < -0.4 is 0 Å². The number of rotatable bonds is 9. The van der Waals surface area contributed by atoms with E-state index in [0.717, 1.165) is 44.4 Å². The van der Waals surface area contributed by atoms with Gasteiger partial charge in [0.05, 0.1) is 5.56 Å². The maximum atomic E-state index is 15.1. The van der Waals surface area contributed by atoms with Gasteiger partial charge in [-0.05, 0) is 99.0 Å². The standard InChI is InChI=1S/C28H41F3/c1-3-7-21-10-12-22(13-11-21)8-5-6-9-24-18-19-25(26(27(24)29)28(30)31)23-16-14-20(4-2)15-17-23/h5,8,18-23,28H,3-4,6-7,9-17H2,1-2H3. The lowest BCUT2D eigenvalue weighted by Crippen LogP contribution is -2.15. The van der Waals surface area contributed by atoms with Crippen LogP contribution in [0.5, 0.6) is 0 Å². The van der Waals surface area contributed by atoms with Crippen molar-refractivity contribution in [2.75, 3.05) is 0 Å². The highest BCUT2D eigenvalue weighted by Gasteiger charge is 2.28. The molecule has 2 aliphatic rings. The van der Waals surface area contributed by atoms with Gasteiger partial charge in [0.15, 0.2) is 0 Å². The van der Waals surface area contributed by atoms with Crippen molar-refractivity contribution in [3.63, 3.8) is 0 Å². The lowest BCUT2D eigenvalue weighted by molar-refractivity contribution is 0.143. The second kappa shape index (κ2) is 12.1. The average molecular weight is 435 g/mol. The van der Waals surface area contributed by atoms with Crippen LogP contribution in [0.4, 0.5) is 13.2 Å². The Kier molecular flexibility index (Phi) is 9.53. The fourth-order valence-corrected chi connectivity index (χ4v) is 5.91. The molecule has 0 heterocycles. The summed E-state index contributed by atoms with van der Waals surface area (Å²) in [6.07, 6.45) is 15.7. The molecule has 2 fully saturated rings. The van der Waals surface area contributed by atoms with Gasteiger partial charge in [0.25, 0.3) is 6.43 Å². The molecule has 0 spiro atoms. The highest BCUT2D eigenvalue weighted by Crippen LogP contribution is 2.41. The van der Waals surface area contributed by atoms with Gasteiger partial charge < -0.3 is 0 Å². The van der Waals surface area contributed by atoms with E-state index in [1.807, 2.05) is 0 Å². The molecule has 31 heavy (non-hydrogen) atoms. The summed E-state index contributed by atoms with van der Waals surface area (Å²) in [4.78, 5) is 0. The molecule has 0 unspecified atom stereocenters. The number of allylic oxidation sites excluding steroid dienone is 2. The quantitative estimate of drug-likeness (QED) is 0.339. The van der Waals surface area contributed by atoms with Gasteiger partial charge in [-0.1, -0.05) is 57.4 Å². The molecule has 0 amide bonds. The summed E-state index contributed by atoms with van der Waals surface area (Å²) < 4.78 is 42.7. The van der Waals surface area contributed by atoms with E-state index in [1.54, 1.807) is 12.1 Å². The highest BCUT2D eigenvalue weighted by molar-refractivity contribution is 5.38. The van der Waals surface area contributed by atoms with Crippen LogP contribution in [-0.2, 0) is 6.42 Å². The number of aryl methyl sites for hydroxylation is 1. The number of alkyl halides is 2. The first-order chi connectivity index (χ1) is 15.0. The normalized spacial score (nSPS) is 27.3. The van der Waals surface area contributed by atoms with E-state index in [1.165, 1.54) is 38.5 Å². The number of hydrogen-bond donors (Lipinski definition) is 0. The minimum absolute atomic E-state index is 0.0816. The predicted octanol–water partition coefficient (Wildman–Crippen LogP) is 9.54. The van der Waals surface area contributed by atoms with Crippen LogP contribution in [0.25, 0.3) is 0 Å². The Morgan fingerprint density at radius 3 is 2.23 bits per heavy atom. The second-order valence-electron chi connectivity index (χ2n) is 10.0. The van der Waals surface area contributed by atoms with Crippen LogP contribution in [0.2, 0.25) is 0 Å². The third-order valence-electron chi connectivity index (χ3n) is 7.95. The Morgan fingerprint density at radius 2 is 1.61 bits per heavy atom. The highest BCUT2D eigenvalue weighted by atomic mass is 19.3. The number of benzene rings is 1. The second-order valence-corrected chi connectivity index (χ2v) is 10.0. The van der Waals surface area contributed by atoms with Gasteiger partial charge in [-0.2, -0.15) is 0 Å². The van der Waals surface area contributed by atoms with Crippen LogP contribution in [0.1, 0.15) is 120 Å². The molecule has 174 valence electrons. The Hall–Kier alpha value is -1.25.